The van der Waals surface area contributed by atoms with Gasteiger partial charge in [-0.05, 0) is 25.5 Å². The molecule has 0 saturated heterocycles. The number of aliphatic carboxylic acids is 1. The van der Waals surface area contributed by atoms with Crippen LogP contribution in [0.5, 0.6) is 5.75 Å². The number of esters is 1. The quantitative estimate of drug-likeness (QED) is 0.227. The van der Waals surface area contributed by atoms with Crippen LogP contribution in [0.15, 0.2) is 18.2 Å². The Morgan fingerprint density at radius 1 is 1.43 bits per heavy atom. The number of rotatable bonds is 9. The Hall–Kier alpha value is -2.16. The molecular weight excluding hydrogens is 374 g/mol. The number of carboxylic acid groups (broad SMARTS) is 1. The summed E-state index contributed by atoms with van der Waals surface area (Å²) >= 11 is 3.05. The average molecular weight is 390 g/mol. The minimum absolute atomic E-state index is 0.0272. The lowest BCUT2D eigenvalue weighted by Gasteiger charge is -2.10. The second kappa shape index (κ2) is 9.09. The van der Waals surface area contributed by atoms with Gasteiger partial charge in [0, 0.05) is 12.5 Å². The van der Waals surface area contributed by atoms with Crippen LogP contribution in [0, 0.1) is 10.1 Å². The number of hydrogen-bond donors (Lipinski definition) is 1. The molecule has 1 aromatic carbocycles. The molecule has 0 saturated carbocycles. The summed E-state index contributed by atoms with van der Waals surface area (Å²) in [4.78, 5) is 31.7. The number of ether oxygens (including phenoxy) is 2. The lowest BCUT2D eigenvalue weighted by Crippen LogP contribution is -2.14. The topological polar surface area (TPSA) is 116 Å². The minimum atomic E-state index is -0.922. The highest BCUT2D eigenvalue weighted by molar-refractivity contribution is 9.10. The molecule has 9 heteroatoms. The van der Waals surface area contributed by atoms with Gasteiger partial charge in [-0.1, -0.05) is 15.9 Å². The third-order valence-electron chi connectivity index (χ3n) is 2.75. The van der Waals surface area contributed by atoms with E-state index in [-0.39, 0.29) is 30.9 Å². The van der Waals surface area contributed by atoms with E-state index in [1.165, 1.54) is 18.2 Å². The predicted molar refractivity (Wildman–Crippen MR) is 83.6 cm³/mol. The van der Waals surface area contributed by atoms with Gasteiger partial charge >= 0.3 is 11.9 Å². The number of carbonyl (C=O) groups excluding carboxylic acids is 1. The summed E-state index contributed by atoms with van der Waals surface area (Å²) in [6, 6.07) is 4.08. The summed E-state index contributed by atoms with van der Waals surface area (Å²) in [5.74, 6) is -1.11. The maximum Gasteiger partial charge on any atom is 0.319 e. The number of halogens is 1. The fourth-order valence-corrected chi connectivity index (χ4v) is 1.75. The number of nitrogens with zero attached hydrogens (tertiary/aromatic N) is 1. The SMILES string of the molecule is CC(Br)C(=O)OCc1cc(OCCCC(=O)O)ccc1[N+](=O)[O-]. The number of carbonyl (C=O) groups is 2. The van der Waals surface area contributed by atoms with Gasteiger partial charge in [-0.15, -0.1) is 0 Å². The van der Waals surface area contributed by atoms with Crippen molar-refractivity contribution in [1.82, 2.24) is 0 Å². The van der Waals surface area contributed by atoms with Crippen molar-refractivity contribution in [3.8, 4) is 5.75 Å². The van der Waals surface area contributed by atoms with E-state index in [4.69, 9.17) is 14.6 Å². The Kier molecular flexibility index (Phi) is 7.46. The molecule has 1 aromatic rings. The number of carboxylic acids is 1. The second-order valence-electron chi connectivity index (χ2n) is 4.62. The van der Waals surface area contributed by atoms with E-state index in [2.05, 4.69) is 15.9 Å². The van der Waals surface area contributed by atoms with Crippen LogP contribution >= 0.6 is 15.9 Å². The van der Waals surface area contributed by atoms with Crippen molar-refractivity contribution in [3.63, 3.8) is 0 Å². The van der Waals surface area contributed by atoms with Gasteiger partial charge < -0.3 is 14.6 Å². The van der Waals surface area contributed by atoms with Crippen LogP contribution in [0.1, 0.15) is 25.3 Å². The number of hydrogen-bond acceptors (Lipinski definition) is 6. The molecule has 0 aliphatic heterocycles. The Balaban J connectivity index is 2.75. The Bertz CT molecular complexity index is 588. The van der Waals surface area contributed by atoms with Crippen LogP contribution in [0.25, 0.3) is 0 Å². The summed E-state index contributed by atoms with van der Waals surface area (Å²) in [6.45, 7) is 1.50. The maximum atomic E-state index is 11.4. The van der Waals surface area contributed by atoms with Gasteiger partial charge in [-0.25, -0.2) is 0 Å². The minimum Gasteiger partial charge on any atom is -0.494 e. The van der Waals surface area contributed by atoms with E-state index in [9.17, 15) is 19.7 Å². The first kappa shape index (κ1) is 18.9. The second-order valence-corrected chi connectivity index (χ2v) is 5.99. The highest BCUT2D eigenvalue weighted by Gasteiger charge is 2.18. The number of nitro groups is 1. The molecule has 0 aliphatic rings. The molecule has 23 heavy (non-hydrogen) atoms. The molecule has 0 aliphatic carbocycles. The highest BCUT2D eigenvalue weighted by atomic mass is 79.9. The fraction of sp³-hybridized carbons (Fsp3) is 0.429. The molecule has 0 heterocycles. The standard InChI is InChI=1S/C14H16BrNO7/c1-9(15)14(19)23-8-10-7-11(4-5-12(10)16(20)21)22-6-2-3-13(17)18/h4-5,7,9H,2-3,6,8H2,1H3,(H,17,18). The lowest BCUT2D eigenvalue weighted by molar-refractivity contribution is -0.385. The van der Waals surface area contributed by atoms with Crippen LogP contribution in [0.2, 0.25) is 0 Å². The van der Waals surface area contributed by atoms with Crippen LogP contribution in [0.3, 0.4) is 0 Å². The van der Waals surface area contributed by atoms with Crippen LogP contribution < -0.4 is 4.74 Å². The van der Waals surface area contributed by atoms with Crippen molar-refractivity contribution in [2.45, 2.75) is 31.2 Å². The van der Waals surface area contributed by atoms with Crippen molar-refractivity contribution >= 4 is 33.6 Å². The van der Waals surface area contributed by atoms with Gasteiger partial charge in [0.25, 0.3) is 5.69 Å². The van der Waals surface area contributed by atoms with Crippen LogP contribution in [0.4, 0.5) is 5.69 Å². The Morgan fingerprint density at radius 2 is 2.13 bits per heavy atom. The summed E-state index contributed by atoms with van der Waals surface area (Å²) in [5.41, 5.74) is 0.0187. The average Bonchev–Trinajstić information content (AvgIpc) is 2.48. The molecule has 1 N–H and O–H groups in total. The van der Waals surface area contributed by atoms with E-state index < -0.39 is 21.7 Å². The molecule has 0 fully saturated rings. The first-order valence-corrected chi connectivity index (χ1v) is 7.65. The van der Waals surface area contributed by atoms with E-state index in [0.29, 0.717) is 12.2 Å². The van der Waals surface area contributed by atoms with Gasteiger partial charge in [-0.3, -0.25) is 19.7 Å². The van der Waals surface area contributed by atoms with Crippen LogP contribution in [-0.2, 0) is 20.9 Å². The van der Waals surface area contributed by atoms with Gasteiger partial charge in [0.2, 0.25) is 0 Å². The molecule has 126 valence electrons. The molecule has 1 atom stereocenters. The van der Waals surface area contributed by atoms with E-state index in [0.717, 1.165) is 0 Å². The molecule has 0 amide bonds. The molecule has 0 spiro atoms. The third-order valence-corrected chi connectivity index (χ3v) is 3.12. The van der Waals surface area contributed by atoms with E-state index in [1.54, 1.807) is 6.92 Å². The van der Waals surface area contributed by atoms with E-state index in [1.807, 2.05) is 0 Å². The zero-order valence-electron chi connectivity index (χ0n) is 12.4. The van der Waals surface area contributed by atoms with Crippen molar-refractivity contribution < 1.29 is 29.1 Å². The third kappa shape index (κ3) is 6.64. The Labute approximate surface area is 140 Å². The lowest BCUT2D eigenvalue weighted by atomic mass is 10.2. The first-order chi connectivity index (χ1) is 10.8. The monoisotopic (exact) mass is 389 g/mol. The van der Waals surface area contributed by atoms with Gasteiger partial charge in [0.05, 0.1) is 17.1 Å². The van der Waals surface area contributed by atoms with Crippen LogP contribution in [-0.4, -0.2) is 33.4 Å². The maximum absolute atomic E-state index is 11.4. The molecule has 8 nitrogen and oxygen atoms in total. The summed E-state index contributed by atoms with van der Waals surface area (Å²) in [5, 5.41) is 19.5. The van der Waals surface area contributed by atoms with Gasteiger partial charge in [0.1, 0.15) is 17.2 Å². The summed E-state index contributed by atoms with van der Waals surface area (Å²) in [7, 11) is 0. The van der Waals surface area contributed by atoms with Gasteiger partial charge in [0.15, 0.2) is 0 Å². The van der Waals surface area contributed by atoms with E-state index >= 15 is 0 Å². The molecule has 0 bridgehead atoms. The molecule has 0 aromatic heterocycles. The summed E-state index contributed by atoms with van der Waals surface area (Å²) in [6.07, 6.45) is 0.290. The first-order valence-electron chi connectivity index (χ1n) is 6.74. The predicted octanol–water partition coefficient (Wildman–Crippen LogP) is 2.67. The van der Waals surface area contributed by atoms with Crippen molar-refractivity contribution in [2.75, 3.05) is 6.61 Å². The van der Waals surface area contributed by atoms with Gasteiger partial charge in [-0.2, -0.15) is 0 Å². The fourth-order valence-electron chi connectivity index (χ4n) is 1.62. The largest absolute Gasteiger partial charge is 0.494 e. The van der Waals surface area contributed by atoms with Crippen molar-refractivity contribution in [2.24, 2.45) is 0 Å². The molecule has 1 unspecified atom stereocenters. The zero-order chi connectivity index (χ0) is 17.4. The number of alkyl halides is 1. The zero-order valence-corrected chi connectivity index (χ0v) is 13.9. The van der Waals surface area contributed by atoms with Crippen molar-refractivity contribution in [3.05, 3.63) is 33.9 Å². The number of nitro benzene ring substituents is 1. The van der Waals surface area contributed by atoms with Crippen molar-refractivity contribution in [1.29, 1.82) is 0 Å². The number of benzene rings is 1. The molecular formula is C14H16BrNO7. The smallest absolute Gasteiger partial charge is 0.319 e. The highest BCUT2D eigenvalue weighted by Crippen LogP contribution is 2.25. The Morgan fingerprint density at radius 3 is 2.70 bits per heavy atom. The normalized spacial score (nSPS) is 11.6. The molecule has 1 rings (SSSR count). The summed E-state index contributed by atoms with van der Waals surface area (Å²) < 4.78 is 10.3. The molecule has 0 radical (unpaired) electrons.